The van der Waals surface area contributed by atoms with E-state index in [1.54, 1.807) is 0 Å². The van der Waals surface area contributed by atoms with Gasteiger partial charge in [-0.3, -0.25) is 0 Å². The Balaban J connectivity index is 2.50. The first-order valence-corrected chi connectivity index (χ1v) is 5.54. The van der Waals surface area contributed by atoms with Crippen LogP contribution in [0.5, 0.6) is 0 Å². The second-order valence-electron chi connectivity index (χ2n) is 4.17. The van der Waals surface area contributed by atoms with Crippen LogP contribution < -0.4 is 10.6 Å². The molecular weight excluding hydrogens is 248 g/mol. The SMILES string of the molecule is C=C(/C=C\C(=C(/C)F)C(F)(F)F)CNC1CNC1. The van der Waals surface area contributed by atoms with Gasteiger partial charge < -0.3 is 10.6 Å². The van der Waals surface area contributed by atoms with Crippen molar-refractivity contribution in [3.8, 4) is 0 Å². The first-order valence-electron chi connectivity index (χ1n) is 5.54. The highest BCUT2D eigenvalue weighted by atomic mass is 19.4. The minimum absolute atomic E-state index is 0.329. The molecule has 0 aromatic heterocycles. The van der Waals surface area contributed by atoms with Crippen molar-refractivity contribution in [2.75, 3.05) is 19.6 Å². The van der Waals surface area contributed by atoms with Crippen molar-refractivity contribution in [3.05, 3.63) is 35.7 Å². The third kappa shape index (κ3) is 4.62. The van der Waals surface area contributed by atoms with E-state index in [1.165, 1.54) is 6.08 Å². The molecule has 18 heavy (non-hydrogen) atoms. The van der Waals surface area contributed by atoms with Crippen molar-refractivity contribution in [2.45, 2.75) is 19.1 Å². The van der Waals surface area contributed by atoms with Gasteiger partial charge in [-0.25, -0.2) is 4.39 Å². The van der Waals surface area contributed by atoms with Gasteiger partial charge in [0.2, 0.25) is 0 Å². The Hall–Kier alpha value is -1.14. The molecule has 0 saturated carbocycles. The quantitative estimate of drug-likeness (QED) is 0.589. The molecule has 102 valence electrons. The topological polar surface area (TPSA) is 24.1 Å². The summed E-state index contributed by atoms with van der Waals surface area (Å²) in [7, 11) is 0. The molecule has 1 heterocycles. The third-order valence-electron chi connectivity index (χ3n) is 2.56. The minimum atomic E-state index is -4.68. The van der Waals surface area contributed by atoms with Crippen molar-refractivity contribution in [1.29, 1.82) is 0 Å². The zero-order chi connectivity index (χ0) is 13.8. The molecule has 2 nitrogen and oxygen atoms in total. The third-order valence-corrected chi connectivity index (χ3v) is 2.56. The van der Waals surface area contributed by atoms with Crippen LogP contribution in [0.3, 0.4) is 0 Å². The maximum atomic E-state index is 12.7. The number of hydrogen-bond acceptors (Lipinski definition) is 2. The summed E-state index contributed by atoms with van der Waals surface area (Å²) in [6.07, 6.45) is -2.77. The van der Waals surface area contributed by atoms with E-state index in [0.717, 1.165) is 26.1 Å². The lowest BCUT2D eigenvalue weighted by molar-refractivity contribution is -0.0899. The Bertz CT molecular complexity index is 361. The molecule has 2 N–H and O–H groups in total. The van der Waals surface area contributed by atoms with E-state index in [1.807, 2.05) is 0 Å². The van der Waals surface area contributed by atoms with Crippen LogP contribution >= 0.6 is 0 Å². The number of allylic oxidation sites excluding steroid dienone is 3. The van der Waals surface area contributed by atoms with Gasteiger partial charge in [-0.05, 0) is 18.6 Å². The second-order valence-corrected chi connectivity index (χ2v) is 4.17. The molecule has 6 heteroatoms. The largest absolute Gasteiger partial charge is 0.418 e. The van der Waals surface area contributed by atoms with Gasteiger partial charge in [0.25, 0.3) is 0 Å². The molecule has 0 atom stereocenters. The van der Waals surface area contributed by atoms with Gasteiger partial charge in [0, 0.05) is 25.7 Å². The molecule has 0 bridgehead atoms. The maximum Gasteiger partial charge on any atom is 0.418 e. The number of rotatable bonds is 5. The summed E-state index contributed by atoms with van der Waals surface area (Å²) in [5.74, 6) is -1.25. The summed E-state index contributed by atoms with van der Waals surface area (Å²) in [5, 5.41) is 6.16. The highest BCUT2D eigenvalue weighted by Gasteiger charge is 2.34. The van der Waals surface area contributed by atoms with Gasteiger partial charge in [0.15, 0.2) is 0 Å². The highest BCUT2D eigenvalue weighted by Crippen LogP contribution is 2.29. The lowest BCUT2D eigenvalue weighted by Crippen LogP contribution is -2.55. The van der Waals surface area contributed by atoms with E-state index in [4.69, 9.17) is 0 Å². The van der Waals surface area contributed by atoms with E-state index in [2.05, 4.69) is 17.2 Å². The number of hydrogen-bond donors (Lipinski definition) is 2. The van der Waals surface area contributed by atoms with E-state index in [-0.39, 0.29) is 0 Å². The molecule has 0 aliphatic carbocycles. The number of alkyl halides is 3. The lowest BCUT2D eigenvalue weighted by Gasteiger charge is -2.28. The summed E-state index contributed by atoms with van der Waals surface area (Å²) >= 11 is 0. The van der Waals surface area contributed by atoms with Crippen LogP contribution in [0.1, 0.15) is 6.92 Å². The van der Waals surface area contributed by atoms with Gasteiger partial charge in [-0.1, -0.05) is 12.7 Å². The van der Waals surface area contributed by atoms with Crippen molar-refractivity contribution in [2.24, 2.45) is 0 Å². The Morgan fingerprint density at radius 3 is 2.39 bits per heavy atom. The molecule has 1 fully saturated rings. The van der Waals surface area contributed by atoms with Crippen molar-refractivity contribution in [1.82, 2.24) is 10.6 Å². The van der Waals surface area contributed by atoms with E-state index in [0.29, 0.717) is 18.2 Å². The molecule has 0 aromatic rings. The number of halogens is 4. The predicted molar refractivity (Wildman–Crippen MR) is 62.8 cm³/mol. The molecule has 0 spiro atoms. The first-order chi connectivity index (χ1) is 8.30. The molecular formula is C12H16F4N2. The smallest absolute Gasteiger partial charge is 0.314 e. The van der Waals surface area contributed by atoms with Gasteiger partial charge in [-0.2, -0.15) is 13.2 Å². The van der Waals surface area contributed by atoms with Crippen LogP contribution in [0.4, 0.5) is 17.6 Å². The zero-order valence-electron chi connectivity index (χ0n) is 10.1. The van der Waals surface area contributed by atoms with E-state index < -0.39 is 17.6 Å². The maximum absolute atomic E-state index is 12.7. The standard InChI is InChI=1S/C12H16F4N2/c1-8(5-18-10-6-17-7-10)3-4-11(9(2)13)12(14,15)16/h3-4,10,17-18H,1,5-7H2,2H3/b4-3-,11-9-. The Labute approximate surface area is 103 Å². The molecule has 0 amide bonds. The van der Waals surface area contributed by atoms with Crippen LogP contribution in [0, 0.1) is 0 Å². The van der Waals surface area contributed by atoms with Crippen LogP contribution in [-0.2, 0) is 0 Å². The Morgan fingerprint density at radius 1 is 1.39 bits per heavy atom. The second kappa shape index (κ2) is 6.15. The highest BCUT2D eigenvalue weighted by molar-refractivity contribution is 5.31. The normalized spacial score (nSPS) is 18.7. The summed E-state index contributed by atoms with van der Waals surface area (Å²) in [6.45, 7) is 6.47. The molecule has 0 aromatic carbocycles. The molecule has 0 radical (unpaired) electrons. The van der Waals surface area contributed by atoms with Crippen LogP contribution in [0.25, 0.3) is 0 Å². The summed E-state index contributed by atoms with van der Waals surface area (Å²) < 4.78 is 49.9. The fourth-order valence-corrected chi connectivity index (χ4v) is 1.37. The molecule has 1 aliphatic heterocycles. The van der Waals surface area contributed by atoms with Crippen LogP contribution in [-0.4, -0.2) is 31.9 Å². The Morgan fingerprint density at radius 2 is 2.00 bits per heavy atom. The lowest BCUT2D eigenvalue weighted by atomic mass is 10.1. The summed E-state index contributed by atoms with van der Waals surface area (Å²) in [6, 6.07) is 0.329. The van der Waals surface area contributed by atoms with E-state index >= 15 is 0 Å². The van der Waals surface area contributed by atoms with Crippen molar-refractivity contribution in [3.63, 3.8) is 0 Å². The van der Waals surface area contributed by atoms with Gasteiger partial charge in [0.05, 0.1) is 5.57 Å². The summed E-state index contributed by atoms with van der Waals surface area (Å²) in [5.41, 5.74) is -0.793. The fraction of sp³-hybridized carbons (Fsp3) is 0.500. The minimum Gasteiger partial charge on any atom is -0.314 e. The summed E-state index contributed by atoms with van der Waals surface area (Å²) in [4.78, 5) is 0. The van der Waals surface area contributed by atoms with Crippen molar-refractivity contribution >= 4 is 0 Å². The first kappa shape index (κ1) is 14.9. The fourth-order valence-electron chi connectivity index (χ4n) is 1.37. The number of nitrogens with one attached hydrogen (secondary N) is 2. The zero-order valence-corrected chi connectivity index (χ0v) is 10.1. The van der Waals surface area contributed by atoms with Gasteiger partial charge in [-0.15, -0.1) is 0 Å². The van der Waals surface area contributed by atoms with E-state index in [9.17, 15) is 17.6 Å². The molecule has 0 unspecified atom stereocenters. The molecule has 1 rings (SSSR count). The average molecular weight is 264 g/mol. The van der Waals surface area contributed by atoms with Gasteiger partial charge >= 0.3 is 6.18 Å². The Kier molecular flexibility index (Phi) is 5.10. The van der Waals surface area contributed by atoms with Crippen LogP contribution in [0.2, 0.25) is 0 Å². The molecule has 1 saturated heterocycles. The monoisotopic (exact) mass is 264 g/mol. The van der Waals surface area contributed by atoms with Gasteiger partial charge in [0.1, 0.15) is 5.83 Å². The molecule has 1 aliphatic rings. The average Bonchev–Trinajstić information content (AvgIpc) is 2.12. The van der Waals surface area contributed by atoms with Crippen LogP contribution in [0.15, 0.2) is 35.7 Å². The predicted octanol–water partition coefficient (Wildman–Crippen LogP) is 2.47. The van der Waals surface area contributed by atoms with Crippen molar-refractivity contribution < 1.29 is 17.6 Å².